The molecule has 2 aromatic heterocycles. The minimum absolute atomic E-state index is 0.106. The van der Waals surface area contributed by atoms with Gasteiger partial charge in [-0.15, -0.1) is 0 Å². The predicted octanol–water partition coefficient (Wildman–Crippen LogP) is 4.88. The molecule has 29 heavy (non-hydrogen) atoms. The zero-order valence-corrected chi connectivity index (χ0v) is 16.3. The Morgan fingerprint density at radius 2 is 1.93 bits per heavy atom. The fourth-order valence-corrected chi connectivity index (χ4v) is 3.60. The van der Waals surface area contributed by atoms with E-state index >= 15 is 0 Å². The van der Waals surface area contributed by atoms with Crippen LogP contribution in [0.2, 0.25) is 0 Å². The summed E-state index contributed by atoms with van der Waals surface area (Å²) in [5.74, 6) is 1.93. The maximum atomic E-state index is 12.5. The first-order valence-electron chi connectivity index (χ1n) is 10.2. The number of rotatable bonds is 7. The molecule has 150 valence electrons. The van der Waals surface area contributed by atoms with Gasteiger partial charge in [0.15, 0.2) is 11.6 Å². The molecule has 1 fully saturated rings. The maximum absolute atomic E-state index is 12.5. The van der Waals surface area contributed by atoms with Crippen LogP contribution in [-0.2, 0) is 11.2 Å². The Morgan fingerprint density at radius 3 is 2.76 bits per heavy atom. The summed E-state index contributed by atoms with van der Waals surface area (Å²) in [7, 11) is 0. The van der Waals surface area contributed by atoms with E-state index < -0.39 is 0 Å². The van der Waals surface area contributed by atoms with Crippen LogP contribution in [0.1, 0.15) is 37.8 Å². The Balaban J connectivity index is 1.35. The predicted molar refractivity (Wildman–Crippen MR) is 111 cm³/mol. The molecule has 1 aromatic carbocycles. The number of benzene rings is 1. The Bertz CT molecular complexity index is 933. The van der Waals surface area contributed by atoms with Crippen molar-refractivity contribution < 1.29 is 13.9 Å². The van der Waals surface area contributed by atoms with Crippen LogP contribution in [0.4, 0.5) is 5.82 Å². The lowest BCUT2D eigenvalue weighted by Crippen LogP contribution is -2.18. The van der Waals surface area contributed by atoms with Crippen molar-refractivity contribution in [1.29, 1.82) is 0 Å². The van der Waals surface area contributed by atoms with Crippen LogP contribution in [0.3, 0.4) is 0 Å². The molecule has 1 amide bonds. The van der Waals surface area contributed by atoms with Gasteiger partial charge in [-0.2, -0.15) is 0 Å². The van der Waals surface area contributed by atoms with Gasteiger partial charge in [0, 0.05) is 11.8 Å². The molecule has 3 aromatic rings. The topological polar surface area (TPSA) is 77.3 Å². The first kappa shape index (κ1) is 19.2. The van der Waals surface area contributed by atoms with Crippen molar-refractivity contribution in [1.82, 2.24) is 9.97 Å². The van der Waals surface area contributed by atoms with E-state index in [4.69, 9.17) is 9.15 Å². The molecular formula is C23H25N3O3. The molecule has 0 unspecified atom stereocenters. The second-order valence-electron chi connectivity index (χ2n) is 7.40. The number of anilines is 1. The van der Waals surface area contributed by atoms with Crippen molar-refractivity contribution in [2.24, 2.45) is 5.92 Å². The second-order valence-corrected chi connectivity index (χ2v) is 7.40. The highest BCUT2D eigenvalue weighted by Crippen LogP contribution is 2.27. The number of hydrogen-bond acceptors (Lipinski definition) is 5. The van der Waals surface area contributed by atoms with E-state index in [1.807, 2.05) is 42.5 Å². The summed E-state index contributed by atoms with van der Waals surface area (Å²) in [6.07, 6.45) is 9.54. The Kier molecular flexibility index (Phi) is 6.19. The second kappa shape index (κ2) is 9.37. The molecule has 0 spiro atoms. The Labute approximate surface area is 170 Å². The van der Waals surface area contributed by atoms with Crippen molar-refractivity contribution >= 4 is 11.7 Å². The summed E-state index contributed by atoms with van der Waals surface area (Å²) < 4.78 is 11.5. The minimum atomic E-state index is -0.209. The van der Waals surface area contributed by atoms with Crippen LogP contribution in [0.5, 0.6) is 5.75 Å². The first-order valence-corrected chi connectivity index (χ1v) is 10.2. The molecule has 0 bridgehead atoms. The highest BCUT2D eigenvalue weighted by Gasteiger charge is 2.17. The number of amides is 1. The number of ether oxygens (including phenoxy) is 1. The van der Waals surface area contributed by atoms with Gasteiger partial charge in [-0.3, -0.25) is 4.79 Å². The van der Waals surface area contributed by atoms with Crippen LogP contribution in [0.25, 0.3) is 11.5 Å². The third-order valence-electron chi connectivity index (χ3n) is 5.14. The molecule has 1 aliphatic carbocycles. The van der Waals surface area contributed by atoms with Gasteiger partial charge < -0.3 is 14.5 Å². The summed E-state index contributed by atoms with van der Waals surface area (Å²) in [6.45, 7) is 0.665. The molecule has 0 radical (unpaired) electrons. The summed E-state index contributed by atoms with van der Waals surface area (Å²) >= 11 is 0. The third kappa shape index (κ3) is 5.22. The average Bonchev–Trinajstić information content (AvgIpc) is 3.23. The smallest absolute Gasteiger partial charge is 0.231 e. The number of carbonyl (C=O) groups excluding carboxylic acids is 1. The molecule has 1 aliphatic rings. The molecule has 4 rings (SSSR count). The van der Waals surface area contributed by atoms with Crippen LogP contribution < -0.4 is 10.1 Å². The normalized spacial score (nSPS) is 14.5. The SMILES string of the molecule is O=C(Cc1coc(-c2ccccc2)n1)Nc1ncccc1OCC1CCCCC1. The zero-order chi connectivity index (χ0) is 19.9. The van der Waals surface area contributed by atoms with E-state index in [2.05, 4.69) is 15.3 Å². The Hall–Kier alpha value is -3.15. The number of hydrogen-bond donors (Lipinski definition) is 1. The largest absolute Gasteiger partial charge is 0.489 e. The molecule has 0 saturated heterocycles. The standard InChI is InChI=1S/C23H25N3O3/c27-21(14-19-16-29-23(25-19)18-10-5-2-6-11-18)26-22-20(12-7-13-24-22)28-15-17-8-3-1-4-9-17/h2,5-7,10-13,16-17H,1,3-4,8-9,14-15H2,(H,24,26,27). The third-order valence-corrected chi connectivity index (χ3v) is 5.14. The van der Waals surface area contributed by atoms with Gasteiger partial charge in [0.25, 0.3) is 0 Å². The van der Waals surface area contributed by atoms with Gasteiger partial charge in [-0.25, -0.2) is 9.97 Å². The van der Waals surface area contributed by atoms with E-state index in [-0.39, 0.29) is 12.3 Å². The molecule has 1 N–H and O–H groups in total. The van der Waals surface area contributed by atoms with Crippen molar-refractivity contribution in [2.45, 2.75) is 38.5 Å². The van der Waals surface area contributed by atoms with Gasteiger partial charge in [0.05, 0.1) is 18.7 Å². The number of pyridine rings is 1. The number of oxazole rings is 1. The highest BCUT2D eigenvalue weighted by atomic mass is 16.5. The lowest BCUT2D eigenvalue weighted by atomic mass is 9.90. The quantitative estimate of drug-likeness (QED) is 0.621. The molecular weight excluding hydrogens is 366 g/mol. The molecule has 2 heterocycles. The lowest BCUT2D eigenvalue weighted by Gasteiger charge is -2.22. The van der Waals surface area contributed by atoms with Crippen LogP contribution in [-0.4, -0.2) is 22.5 Å². The van der Waals surface area contributed by atoms with Crippen molar-refractivity contribution in [3.63, 3.8) is 0 Å². The van der Waals surface area contributed by atoms with E-state index in [0.29, 0.717) is 35.7 Å². The summed E-state index contributed by atoms with van der Waals surface area (Å²) in [5.41, 5.74) is 1.45. The van der Waals surface area contributed by atoms with Gasteiger partial charge in [-0.1, -0.05) is 37.5 Å². The fraction of sp³-hybridized carbons (Fsp3) is 0.348. The van der Waals surface area contributed by atoms with Gasteiger partial charge in [0.2, 0.25) is 11.8 Å². The van der Waals surface area contributed by atoms with Gasteiger partial charge in [-0.05, 0) is 43.0 Å². The monoisotopic (exact) mass is 391 g/mol. The molecule has 0 aliphatic heterocycles. The number of carbonyl (C=O) groups is 1. The number of nitrogens with one attached hydrogen (secondary N) is 1. The summed E-state index contributed by atoms with van der Waals surface area (Å²) in [4.78, 5) is 21.2. The first-order chi connectivity index (χ1) is 14.3. The maximum Gasteiger partial charge on any atom is 0.231 e. The summed E-state index contributed by atoms with van der Waals surface area (Å²) in [5, 5.41) is 2.84. The highest BCUT2D eigenvalue weighted by molar-refractivity contribution is 5.92. The molecule has 1 saturated carbocycles. The number of aromatic nitrogens is 2. The average molecular weight is 391 g/mol. The van der Waals surface area contributed by atoms with E-state index in [1.165, 1.54) is 38.4 Å². The van der Waals surface area contributed by atoms with Crippen LogP contribution >= 0.6 is 0 Å². The van der Waals surface area contributed by atoms with Gasteiger partial charge >= 0.3 is 0 Å². The number of nitrogens with zero attached hydrogens (tertiary/aromatic N) is 2. The van der Waals surface area contributed by atoms with Crippen molar-refractivity contribution in [3.05, 3.63) is 60.6 Å². The zero-order valence-electron chi connectivity index (χ0n) is 16.3. The Morgan fingerprint density at radius 1 is 1.10 bits per heavy atom. The molecule has 6 heteroatoms. The van der Waals surface area contributed by atoms with E-state index in [0.717, 1.165) is 5.56 Å². The van der Waals surface area contributed by atoms with Gasteiger partial charge in [0.1, 0.15) is 6.26 Å². The van der Waals surface area contributed by atoms with Crippen molar-refractivity contribution in [2.75, 3.05) is 11.9 Å². The summed E-state index contributed by atoms with van der Waals surface area (Å²) in [6, 6.07) is 13.3. The van der Waals surface area contributed by atoms with Crippen LogP contribution in [0.15, 0.2) is 59.3 Å². The molecule has 0 atom stereocenters. The minimum Gasteiger partial charge on any atom is -0.489 e. The fourth-order valence-electron chi connectivity index (χ4n) is 3.60. The van der Waals surface area contributed by atoms with E-state index in [1.54, 1.807) is 6.20 Å². The van der Waals surface area contributed by atoms with E-state index in [9.17, 15) is 4.79 Å². The van der Waals surface area contributed by atoms with Crippen LogP contribution in [0, 0.1) is 5.92 Å². The lowest BCUT2D eigenvalue weighted by molar-refractivity contribution is -0.115. The van der Waals surface area contributed by atoms with Crippen molar-refractivity contribution in [3.8, 4) is 17.2 Å². The molecule has 6 nitrogen and oxygen atoms in total.